The molecule has 0 saturated heterocycles. The second-order valence-electron chi connectivity index (χ2n) is 6.72. The molecule has 0 radical (unpaired) electrons. The van der Waals surface area contributed by atoms with E-state index in [0.717, 1.165) is 28.6 Å². The summed E-state index contributed by atoms with van der Waals surface area (Å²) in [5.41, 5.74) is 8.21. The van der Waals surface area contributed by atoms with Gasteiger partial charge in [0, 0.05) is 17.0 Å². The molecule has 0 aliphatic heterocycles. The Morgan fingerprint density at radius 2 is 1.90 bits per heavy atom. The van der Waals surface area contributed by atoms with Gasteiger partial charge in [0.1, 0.15) is 23.1 Å². The van der Waals surface area contributed by atoms with Crippen molar-refractivity contribution in [3.63, 3.8) is 0 Å². The van der Waals surface area contributed by atoms with Crippen LogP contribution in [0.5, 0.6) is 5.75 Å². The molecule has 2 aromatic rings. The maximum Gasteiger partial charge on any atom is 0.132 e. The number of nitrogen functional groups attached to an aromatic ring is 1. The monoisotopic (exact) mass is 285 g/mol. The third-order valence-corrected chi connectivity index (χ3v) is 3.89. The van der Waals surface area contributed by atoms with Crippen LogP contribution in [0.4, 0.5) is 5.82 Å². The number of para-hydroxylation sites is 1. The lowest BCUT2D eigenvalue weighted by Gasteiger charge is -2.20. The van der Waals surface area contributed by atoms with Crippen LogP contribution >= 0.6 is 0 Å². The molecule has 0 bridgehead atoms. The predicted octanol–water partition coefficient (Wildman–Crippen LogP) is 3.77. The van der Waals surface area contributed by atoms with Crippen molar-refractivity contribution in [2.75, 3.05) is 12.8 Å². The van der Waals surface area contributed by atoms with E-state index in [0.29, 0.717) is 6.04 Å². The summed E-state index contributed by atoms with van der Waals surface area (Å²) < 4.78 is 7.68. The summed E-state index contributed by atoms with van der Waals surface area (Å²) in [6.07, 6.45) is 2.38. The van der Waals surface area contributed by atoms with Crippen molar-refractivity contribution in [3.8, 4) is 17.0 Å². The third kappa shape index (κ3) is 2.39. The van der Waals surface area contributed by atoms with Crippen molar-refractivity contribution in [1.29, 1.82) is 0 Å². The smallest absolute Gasteiger partial charge is 0.132 e. The number of benzene rings is 1. The van der Waals surface area contributed by atoms with E-state index in [2.05, 4.69) is 25.3 Å². The lowest BCUT2D eigenvalue weighted by atomic mass is 9.95. The van der Waals surface area contributed by atoms with Crippen LogP contribution in [-0.4, -0.2) is 16.7 Å². The Morgan fingerprint density at radius 1 is 1.24 bits per heavy atom. The number of nitrogens with zero attached hydrogens (tertiary/aromatic N) is 2. The van der Waals surface area contributed by atoms with E-state index in [-0.39, 0.29) is 5.41 Å². The number of hydrogen-bond donors (Lipinski definition) is 1. The lowest BCUT2D eigenvalue weighted by molar-refractivity contribution is 0.416. The van der Waals surface area contributed by atoms with E-state index in [1.807, 2.05) is 24.3 Å². The number of imidazole rings is 1. The molecule has 4 nitrogen and oxygen atoms in total. The molecule has 1 fully saturated rings. The molecule has 3 rings (SSSR count). The molecule has 0 amide bonds. The van der Waals surface area contributed by atoms with Crippen LogP contribution in [-0.2, 0) is 5.41 Å². The van der Waals surface area contributed by atoms with Crippen molar-refractivity contribution in [1.82, 2.24) is 9.55 Å². The van der Waals surface area contributed by atoms with Crippen LogP contribution in [0.2, 0.25) is 0 Å². The molecule has 2 N–H and O–H groups in total. The van der Waals surface area contributed by atoms with Crippen molar-refractivity contribution in [2.45, 2.75) is 45.1 Å². The highest BCUT2D eigenvalue weighted by molar-refractivity contribution is 5.76. The zero-order valence-corrected chi connectivity index (χ0v) is 13.2. The molecule has 112 valence electrons. The van der Waals surface area contributed by atoms with E-state index < -0.39 is 0 Å². The second-order valence-corrected chi connectivity index (χ2v) is 6.72. The summed E-state index contributed by atoms with van der Waals surface area (Å²) in [6, 6.07) is 8.42. The quantitative estimate of drug-likeness (QED) is 0.934. The highest BCUT2D eigenvalue weighted by Crippen LogP contribution is 2.44. The third-order valence-electron chi connectivity index (χ3n) is 3.89. The van der Waals surface area contributed by atoms with Crippen molar-refractivity contribution >= 4 is 5.82 Å². The van der Waals surface area contributed by atoms with E-state index >= 15 is 0 Å². The fourth-order valence-electron chi connectivity index (χ4n) is 2.72. The minimum absolute atomic E-state index is 0.0308. The molecule has 1 aliphatic carbocycles. The first-order chi connectivity index (χ1) is 9.93. The largest absolute Gasteiger partial charge is 0.496 e. The molecule has 1 aromatic carbocycles. The maximum absolute atomic E-state index is 6.44. The highest BCUT2D eigenvalue weighted by atomic mass is 16.5. The zero-order chi connectivity index (χ0) is 15.2. The van der Waals surface area contributed by atoms with Crippen LogP contribution in [0.1, 0.15) is 45.5 Å². The Kier molecular flexibility index (Phi) is 3.19. The standard InChI is InChI=1S/C17H23N3O/c1-17(2,3)16-19-14(15(18)20(16)11-9-10-11)12-7-5-6-8-13(12)21-4/h5-8,11H,9-10,18H2,1-4H3. The molecule has 0 spiro atoms. The van der Waals surface area contributed by atoms with Gasteiger partial charge in [-0.25, -0.2) is 4.98 Å². The number of rotatable bonds is 3. The Morgan fingerprint density at radius 3 is 2.48 bits per heavy atom. The molecule has 1 heterocycles. The Balaban J connectivity index is 2.20. The number of ether oxygens (including phenoxy) is 1. The maximum atomic E-state index is 6.44. The number of aromatic nitrogens is 2. The first-order valence-electron chi connectivity index (χ1n) is 7.45. The fourth-order valence-corrected chi connectivity index (χ4v) is 2.72. The summed E-state index contributed by atoms with van der Waals surface area (Å²) in [4.78, 5) is 4.88. The topological polar surface area (TPSA) is 53.1 Å². The molecular formula is C17H23N3O. The first-order valence-corrected chi connectivity index (χ1v) is 7.45. The number of methoxy groups -OCH3 is 1. The number of nitrogens with two attached hydrogens (primary N) is 1. The summed E-state index contributed by atoms with van der Waals surface area (Å²) in [5, 5.41) is 0. The van der Waals surface area contributed by atoms with Gasteiger partial charge >= 0.3 is 0 Å². The summed E-state index contributed by atoms with van der Waals surface area (Å²) >= 11 is 0. The van der Waals surface area contributed by atoms with Gasteiger partial charge in [-0.05, 0) is 25.0 Å². The molecule has 1 aliphatic rings. The second kappa shape index (κ2) is 4.79. The van der Waals surface area contributed by atoms with Gasteiger partial charge in [-0.15, -0.1) is 0 Å². The lowest BCUT2D eigenvalue weighted by Crippen LogP contribution is -2.19. The zero-order valence-electron chi connectivity index (χ0n) is 13.2. The van der Waals surface area contributed by atoms with Gasteiger partial charge in [-0.2, -0.15) is 0 Å². The SMILES string of the molecule is COc1ccccc1-c1nc(C(C)(C)C)n(C2CC2)c1N. The van der Waals surface area contributed by atoms with E-state index in [4.69, 9.17) is 15.5 Å². The van der Waals surface area contributed by atoms with E-state index in [1.165, 1.54) is 12.8 Å². The van der Waals surface area contributed by atoms with Gasteiger partial charge in [-0.3, -0.25) is 0 Å². The van der Waals surface area contributed by atoms with E-state index in [1.54, 1.807) is 7.11 Å². The van der Waals surface area contributed by atoms with Crippen molar-refractivity contribution in [3.05, 3.63) is 30.1 Å². The molecule has 4 heteroatoms. The summed E-state index contributed by atoms with van der Waals surface area (Å²) in [6.45, 7) is 6.54. The molecular weight excluding hydrogens is 262 g/mol. The Bertz CT molecular complexity index is 663. The molecule has 0 atom stereocenters. The minimum atomic E-state index is -0.0308. The van der Waals surface area contributed by atoms with Crippen LogP contribution in [0.3, 0.4) is 0 Å². The number of hydrogen-bond acceptors (Lipinski definition) is 3. The van der Waals surface area contributed by atoms with Crippen LogP contribution in [0, 0.1) is 0 Å². The fraction of sp³-hybridized carbons (Fsp3) is 0.471. The molecule has 21 heavy (non-hydrogen) atoms. The van der Waals surface area contributed by atoms with Gasteiger partial charge in [0.2, 0.25) is 0 Å². The average molecular weight is 285 g/mol. The minimum Gasteiger partial charge on any atom is -0.496 e. The van der Waals surface area contributed by atoms with Gasteiger partial charge in [0.25, 0.3) is 0 Å². The highest BCUT2D eigenvalue weighted by Gasteiger charge is 2.34. The summed E-state index contributed by atoms with van der Waals surface area (Å²) in [5.74, 6) is 2.63. The van der Waals surface area contributed by atoms with Crippen molar-refractivity contribution in [2.24, 2.45) is 0 Å². The molecule has 0 unspecified atom stereocenters. The van der Waals surface area contributed by atoms with Gasteiger partial charge < -0.3 is 15.0 Å². The normalized spacial score (nSPS) is 15.2. The van der Waals surface area contributed by atoms with Crippen molar-refractivity contribution < 1.29 is 4.74 Å². The van der Waals surface area contributed by atoms with Crippen LogP contribution < -0.4 is 10.5 Å². The molecule has 1 aromatic heterocycles. The van der Waals surface area contributed by atoms with Gasteiger partial charge in [0.15, 0.2) is 0 Å². The number of anilines is 1. The summed E-state index contributed by atoms with van der Waals surface area (Å²) in [7, 11) is 1.68. The van der Waals surface area contributed by atoms with Gasteiger partial charge in [-0.1, -0.05) is 32.9 Å². The van der Waals surface area contributed by atoms with Gasteiger partial charge in [0.05, 0.1) is 7.11 Å². The van der Waals surface area contributed by atoms with Crippen LogP contribution in [0.15, 0.2) is 24.3 Å². The Hall–Kier alpha value is -1.97. The van der Waals surface area contributed by atoms with E-state index in [9.17, 15) is 0 Å². The first kappa shape index (κ1) is 14.0. The van der Waals surface area contributed by atoms with Crippen LogP contribution in [0.25, 0.3) is 11.3 Å². The average Bonchev–Trinajstić information content (AvgIpc) is 3.21. The predicted molar refractivity (Wildman–Crippen MR) is 85.6 cm³/mol. The molecule has 1 saturated carbocycles. The Labute approximate surface area is 125 Å².